The van der Waals surface area contributed by atoms with Crippen molar-refractivity contribution in [1.29, 1.82) is 0 Å². The highest BCUT2D eigenvalue weighted by atomic mass is 35.5. The first-order chi connectivity index (χ1) is 9.60. The Morgan fingerprint density at radius 3 is 2.70 bits per heavy atom. The minimum absolute atomic E-state index is 0.0200. The molecule has 0 bridgehead atoms. The maximum absolute atomic E-state index is 10.6. The molecule has 2 aromatic carbocycles. The number of benzene rings is 2. The largest absolute Gasteiger partial charge is 0.392 e. The van der Waals surface area contributed by atoms with Gasteiger partial charge in [0.05, 0.1) is 16.6 Å². The summed E-state index contributed by atoms with van der Waals surface area (Å²) in [5, 5.41) is 23.2. The minimum atomic E-state index is -0.478. The predicted molar refractivity (Wildman–Crippen MR) is 77.8 cm³/mol. The Morgan fingerprint density at radius 2 is 2.05 bits per heavy atom. The lowest BCUT2D eigenvalue weighted by Crippen LogP contribution is -2.01. The molecule has 0 aliphatic heterocycles. The Hall–Kier alpha value is -2.11. The van der Waals surface area contributed by atoms with Gasteiger partial charge in [0.25, 0.3) is 5.69 Å². The van der Waals surface area contributed by atoms with Crippen molar-refractivity contribution >= 4 is 23.0 Å². The van der Waals surface area contributed by atoms with E-state index in [2.05, 4.69) is 5.32 Å². The van der Waals surface area contributed by atoms with Crippen molar-refractivity contribution in [3.05, 3.63) is 68.7 Å². The first kappa shape index (κ1) is 14.3. The van der Waals surface area contributed by atoms with Crippen LogP contribution in [-0.2, 0) is 13.2 Å². The van der Waals surface area contributed by atoms with Gasteiger partial charge in [0.2, 0.25) is 0 Å². The summed E-state index contributed by atoms with van der Waals surface area (Å²) in [6.07, 6.45) is 0. The lowest BCUT2D eigenvalue weighted by molar-refractivity contribution is -0.384. The molecule has 0 heterocycles. The van der Waals surface area contributed by atoms with Crippen molar-refractivity contribution in [1.82, 2.24) is 0 Å². The lowest BCUT2D eigenvalue weighted by Gasteiger charge is -2.09. The Balaban J connectivity index is 2.08. The van der Waals surface area contributed by atoms with Gasteiger partial charge in [0, 0.05) is 24.4 Å². The van der Waals surface area contributed by atoms with Gasteiger partial charge < -0.3 is 10.4 Å². The summed E-state index contributed by atoms with van der Waals surface area (Å²) >= 11 is 6.01. The highest BCUT2D eigenvalue weighted by Crippen LogP contribution is 2.23. The molecule has 0 radical (unpaired) electrons. The molecule has 104 valence electrons. The van der Waals surface area contributed by atoms with E-state index in [1.807, 2.05) is 24.3 Å². The van der Waals surface area contributed by atoms with Crippen LogP contribution in [-0.4, -0.2) is 10.0 Å². The number of aliphatic hydroxyl groups excluding tert-OH is 1. The second-order valence-electron chi connectivity index (χ2n) is 4.24. The van der Waals surface area contributed by atoms with E-state index in [1.54, 1.807) is 6.07 Å². The van der Waals surface area contributed by atoms with Gasteiger partial charge in [-0.25, -0.2) is 0 Å². The van der Waals surface area contributed by atoms with Crippen LogP contribution >= 0.6 is 11.6 Å². The molecule has 5 nitrogen and oxygen atoms in total. The summed E-state index contributed by atoms with van der Waals surface area (Å²) in [5.41, 5.74) is 2.41. The smallest absolute Gasteiger partial charge is 0.270 e. The fourth-order valence-corrected chi connectivity index (χ4v) is 2.01. The van der Waals surface area contributed by atoms with Crippen LogP contribution in [0.5, 0.6) is 0 Å². The van der Waals surface area contributed by atoms with Crippen LogP contribution in [0.1, 0.15) is 11.1 Å². The molecule has 20 heavy (non-hydrogen) atoms. The maximum atomic E-state index is 10.6. The molecular weight excluding hydrogens is 280 g/mol. The predicted octanol–water partition coefficient (Wildman–Crippen LogP) is 3.35. The normalized spacial score (nSPS) is 10.3. The number of halogens is 1. The quantitative estimate of drug-likeness (QED) is 0.654. The number of aliphatic hydroxyl groups is 1. The van der Waals surface area contributed by atoms with E-state index < -0.39 is 4.92 Å². The number of hydrogen-bond donors (Lipinski definition) is 2. The molecule has 0 saturated carbocycles. The van der Waals surface area contributed by atoms with Crippen LogP contribution in [0.15, 0.2) is 42.5 Å². The van der Waals surface area contributed by atoms with Crippen molar-refractivity contribution in [3.63, 3.8) is 0 Å². The summed E-state index contributed by atoms with van der Waals surface area (Å²) in [6, 6.07) is 11.8. The number of rotatable bonds is 5. The number of anilines is 1. The van der Waals surface area contributed by atoms with E-state index in [0.29, 0.717) is 11.6 Å². The molecule has 0 atom stereocenters. The zero-order chi connectivity index (χ0) is 14.5. The number of non-ortho nitro benzene ring substituents is 1. The van der Waals surface area contributed by atoms with Crippen LogP contribution in [0, 0.1) is 10.1 Å². The molecule has 0 spiro atoms. The summed E-state index contributed by atoms with van der Waals surface area (Å²) in [6.45, 7) is 0.430. The molecular formula is C14H13ClN2O3. The molecule has 0 fully saturated rings. The van der Waals surface area contributed by atoms with Gasteiger partial charge in [0.1, 0.15) is 0 Å². The molecule has 2 rings (SSSR count). The van der Waals surface area contributed by atoms with Crippen LogP contribution in [0.3, 0.4) is 0 Å². The van der Waals surface area contributed by atoms with E-state index in [4.69, 9.17) is 16.7 Å². The van der Waals surface area contributed by atoms with Crippen LogP contribution in [0.25, 0.3) is 0 Å². The molecule has 0 saturated heterocycles. The van der Waals surface area contributed by atoms with Crippen molar-refractivity contribution in [2.24, 2.45) is 0 Å². The van der Waals surface area contributed by atoms with Gasteiger partial charge in [-0.1, -0.05) is 23.7 Å². The van der Waals surface area contributed by atoms with Crippen molar-refractivity contribution in [3.8, 4) is 0 Å². The summed E-state index contributed by atoms with van der Waals surface area (Å²) < 4.78 is 0. The number of hydrogen-bond acceptors (Lipinski definition) is 4. The highest BCUT2D eigenvalue weighted by molar-refractivity contribution is 6.31. The Bertz CT molecular complexity index is 632. The fraction of sp³-hybridized carbons (Fsp3) is 0.143. The minimum Gasteiger partial charge on any atom is -0.392 e. The highest BCUT2D eigenvalue weighted by Gasteiger charge is 2.09. The number of nitrogens with zero attached hydrogens (tertiary/aromatic N) is 1. The summed E-state index contributed by atoms with van der Waals surface area (Å²) in [5.74, 6) is 0. The van der Waals surface area contributed by atoms with E-state index in [1.165, 1.54) is 12.1 Å². The first-order valence-electron chi connectivity index (χ1n) is 5.96. The molecule has 2 N–H and O–H groups in total. The van der Waals surface area contributed by atoms with E-state index in [9.17, 15) is 10.1 Å². The summed E-state index contributed by atoms with van der Waals surface area (Å²) in [4.78, 5) is 10.1. The van der Waals surface area contributed by atoms with Gasteiger partial charge in [-0.15, -0.1) is 0 Å². The second-order valence-corrected chi connectivity index (χ2v) is 4.65. The van der Waals surface area contributed by atoms with Crippen molar-refractivity contribution in [2.45, 2.75) is 13.2 Å². The van der Waals surface area contributed by atoms with Crippen LogP contribution < -0.4 is 5.32 Å². The lowest BCUT2D eigenvalue weighted by atomic mass is 10.2. The third-order valence-corrected chi connectivity index (χ3v) is 3.19. The van der Waals surface area contributed by atoms with Gasteiger partial charge >= 0.3 is 0 Å². The van der Waals surface area contributed by atoms with Gasteiger partial charge in [-0.05, 0) is 29.3 Å². The van der Waals surface area contributed by atoms with Crippen LogP contribution in [0.2, 0.25) is 5.02 Å². The first-order valence-corrected chi connectivity index (χ1v) is 6.34. The molecule has 2 aromatic rings. The fourth-order valence-electron chi connectivity index (χ4n) is 1.77. The average Bonchev–Trinajstić information content (AvgIpc) is 2.46. The summed E-state index contributed by atoms with van der Waals surface area (Å²) in [7, 11) is 0. The third-order valence-electron chi connectivity index (χ3n) is 2.84. The Labute approximate surface area is 121 Å². The van der Waals surface area contributed by atoms with Crippen LogP contribution in [0.4, 0.5) is 11.4 Å². The van der Waals surface area contributed by atoms with Gasteiger partial charge in [-0.3, -0.25) is 10.1 Å². The SMILES string of the molecule is O=[N+]([O-])c1ccc(CNc2cccc(CO)c2)c(Cl)c1. The molecule has 6 heteroatoms. The monoisotopic (exact) mass is 292 g/mol. The maximum Gasteiger partial charge on any atom is 0.270 e. The standard InChI is InChI=1S/C14H13ClN2O3/c15-14-7-13(17(19)20)5-4-11(14)8-16-12-3-1-2-10(6-12)9-18/h1-7,16,18H,8-9H2. The van der Waals surface area contributed by atoms with E-state index in [-0.39, 0.29) is 12.3 Å². The number of nitro benzene ring substituents is 1. The topological polar surface area (TPSA) is 75.4 Å². The molecule has 0 unspecified atom stereocenters. The number of nitro groups is 1. The molecule has 0 aliphatic rings. The molecule has 0 amide bonds. The van der Waals surface area contributed by atoms with Crippen molar-refractivity contribution in [2.75, 3.05) is 5.32 Å². The Kier molecular flexibility index (Phi) is 4.55. The van der Waals surface area contributed by atoms with Gasteiger partial charge in [-0.2, -0.15) is 0 Å². The third kappa shape index (κ3) is 3.46. The molecule has 0 aliphatic carbocycles. The second kappa shape index (κ2) is 6.36. The van der Waals surface area contributed by atoms with Gasteiger partial charge in [0.15, 0.2) is 0 Å². The van der Waals surface area contributed by atoms with E-state index in [0.717, 1.165) is 16.8 Å². The zero-order valence-corrected chi connectivity index (χ0v) is 11.3. The Morgan fingerprint density at radius 1 is 1.25 bits per heavy atom. The zero-order valence-electron chi connectivity index (χ0n) is 10.5. The average molecular weight is 293 g/mol. The van der Waals surface area contributed by atoms with E-state index >= 15 is 0 Å². The number of nitrogens with one attached hydrogen (secondary N) is 1. The molecule has 0 aromatic heterocycles. The van der Waals surface area contributed by atoms with Crippen molar-refractivity contribution < 1.29 is 10.0 Å².